The van der Waals surface area contributed by atoms with Crippen molar-refractivity contribution in [2.24, 2.45) is 0 Å². The van der Waals surface area contributed by atoms with Gasteiger partial charge in [-0.05, 0) is 31.5 Å². The lowest BCUT2D eigenvalue weighted by atomic mass is 10.1. The minimum Gasteiger partial charge on any atom is -0.361 e. The average molecular weight is 363 g/mol. The summed E-state index contributed by atoms with van der Waals surface area (Å²) in [6.45, 7) is 3.66. The number of sulfone groups is 1. The van der Waals surface area contributed by atoms with Gasteiger partial charge in [-0.1, -0.05) is 12.1 Å². The number of H-pyrrole nitrogens is 1. The van der Waals surface area contributed by atoms with Crippen LogP contribution in [-0.4, -0.2) is 29.4 Å². The average Bonchev–Trinajstić information content (AvgIpc) is 2.90. The monoisotopic (exact) mass is 363 g/mol. The van der Waals surface area contributed by atoms with Crippen LogP contribution in [-0.2, 0) is 22.8 Å². The third kappa shape index (κ3) is 3.02. The van der Waals surface area contributed by atoms with Crippen molar-refractivity contribution in [3.05, 3.63) is 56.1 Å². The predicted octanol–water partition coefficient (Wildman–Crippen LogP) is 1.00. The van der Waals surface area contributed by atoms with Crippen molar-refractivity contribution in [1.82, 2.24) is 14.7 Å². The summed E-state index contributed by atoms with van der Waals surface area (Å²) >= 11 is 0. The van der Waals surface area contributed by atoms with Gasteiger partial charge in [-0.15, -0.1) is 0 Å². The molecule has 0 aliphatic carbocycles. The van der Waals surface area contributed by atoms with Gasteiger partial charge in [0.2, 0.25) is 0 Å². The van der Waals surface area contributed by atoms with Gasteiger partial charge in [0.05, 0.1) is 28.0 Å². The summed E-state index contributed by atoms with van der Waals surface area (Å²) in [4.78, 5) is 27.7. The standard InChI is InChI=1S/C16H17N3O5S/c1-4-13-12(9(2)24-18-13)8-19-15(20)11-6-5-10(25(3,22)23)7-14(11)17-16(19)21/h5-7H,4,8H2,1-3H3,(H,17,21). The van der Waals surface area contributed by atoms with Crippen LogP contribution in [0.3, 0.4) is 0 Å². The summed E-state index contributed by atoms with van der Waals surface area (Å²) in [5, 5.41) is 4.16. The van der Waals surface area contributed by atoms with Gasteiger partial charge in [-0.3, -0.25) is 9.36 Å². The van der Waals surface area contributed by atoms with E-state index in [4.69, 9.17) is 4.52 Å². The smallest absolute Gasteiger partial charge is 0.329 e. The van der Waals surface area contributed by atoms with E-state index in [9.17, 15) is 18.0 Å². The summed E-state index contributed by atoms with van der Waals surface area (Å²) in [5.74, 6) is 0.552. The maximum Gasteiger partial charge on any atom is 0.329 e. The summed E-state index contributed by atoms with van der Waals surface area (Å²) in [6, 6.07) is 4.05. The number of hydrogen-bond donors (Lipinski definition) is 1. The number of aromatic amines is 1. The van der Waals surface area contributed by atoms with Crippen LogP contribution >= 0.6 is 0 Å². The molecule has 0 amide bonds. The fraction of sp³-hybridized carbons (Fsp3) is 0.312. The van der Waals surface area contributed by atoms with E-state index in [1.807, 2.05) is 6.92 Å². The van der Waals surface area contributed by atoms with Crippen molar-refractivity contribution in [3.63, 3.8) is 0 Å². The number of hydrogen-bond acceptors (Lipinski definition) is 6. The molecule has 3 rings (SSSR count). The highest BCUT2D eigenvalue weighted by atomic mass is 32.2. The highest BCUT2D eigenvalue weighted by Gasteiger charge is 2.16. The molecule has 1 aromatic carbocycles. The second kappa shape index (κ2) is 5.99. The Morgan fingerprint density at radius 3 is 2.64 bits per heavy atom. The number of aryl methyl sites for hydroxylation is 2. The number of nitrogens with one attached hydrogen (secondary N) is 1. The van der Waals surface area contributed by atoms with Crippen molar-refractivity contribution in [1.29, 1.82) is 0 Å². The number of aromatic nitrogens is 3. The normalized spacial score (nSPS) is 12.0. The Kier molecular flexibility index (Phi) is 4.11. The van der Waals surface area contributed by atoms with Crippen LogP contribution in [0.25, 0.3) is 10.9 Å². The Bertz CT molecular complexity index is 1180. The minimum atomic E-state index is -3.44. The molecule has 0 unspecified atom stereocenters. The second-order valence-electron chi connectivity index (χ2n) is 5.82. The molecule has 132 valence electrons. The van der Waals surface area contributed by atoms with Crippen molar-refractivity contribution < 1.29 is 12.9 Å². The molecular formula is C16H17N3O5S. The van der Waals surface area contributed by atoms with Crippen molar-refractivity contribution >= 4 is 20.7 Å². The van der Waals surface area contributed by atoms with E-state index in [1.54, 1.807) is 6.92 Å². The number of benzene rings is 1. The first-order chi connectivity index (χ1) is 11.7. The summed E-state index contributed by atoms with van der Waals surface area (Å²) in [7, 11) is -3.44. The molecule has 0 spiro atoms. The minimum absolute atomic E-state index is 0.0379. The van der Waals surface area contributed by atoms with E-state index in [0.29, 0.717) is 23.4 Å². The van der Waals surface area contributed by atoms with Crippen LogP contribution in [0.1, 0.15) is 23.9 Å². The molecule has 8 nitrogen and oxygen atoms in total. The van der Waals surface area contributed by atoms with Crippen LogP contribution < -0.4 is 11.2 Å². The van der Waals surface area contributed by atoms with Crippen LogP contribution in [0.4, 0.5) is 0 Å². The van der Waals surface area contributed by atoms with Crippen LogP contribution in [0.15, 0.2) is 37.2 Å². The van der Waals surface area contributed by atoms with Gasteiger partial charge in [0.25, 0.3) is 5.56 Å². The molecule has 9 heteroatoms. The summed E-state index contributed by atoms with van der Waals surface area (Å²) < 4.78 is 29.5. The van der Waals surface area contributed by atoms with Crippen LogP contribution in [0.5, 0.6) is 0 Å². The van der Waals surface area contributed by atoms with Gasteiger partial charge in [0.15, 0.2) is 9.84 Å². The topological polar surface area (TPSA) is 115 Å². The summed E-state index contributed by atoms with van der Waals surface area (Å²) in [6.07, 6.45) is 1.68. The molecule has 1 N–H and O–H groups in total. The van der Waals surface area contributed by atoms with Gasteiger partial charge in [0, 0.05) is 11.8 Å². The molecule has 0 fully saturated rings. The Morgan fingerprint density at radius 2 is 2.00 bits per heavy atom. The molecule has 2 heterocycles. The molecule has 0 saturated carbocycles. The number of fused-ring (bicyclic) bond motifs is 1. The van der Waals surface area contributed by atoms with Gasteiger partial charge in [-0.25, -0.2) is 13.2 Å². The second-order valence-corrected chi connectivity index (χ2v) is 7.83. The molecule has 3 aromatic rings. The third-order valence-electron chi connectivity index (χ3n) is 4.10. The van der Waals surface area contributed by atoms with Crippen LogP contribution in [0, 0.1) is 6.92 Å². The lowest BCUT2D eigenvalue weighted by Gasteiger charge is -2.07. The molecule has 0 radical (unpaired) electrons. The van der Waals surface area contributed by atoms with E-state index < -0.39 is 21.1 Å². The molecule has 0 aliphatic heterocycles. The predicted molar refractivity (Wildman–Crippen MR) is 91.7 cm³/mol. The van der Waals surface area contributed by atoms with Crippen molar-refractivity contribution in [3.8, 4) is 0 Å². The Balaban J connectivity index is 2.19. The molecule has 0 bridgehead atoms. The summed E-state index contributed by atoms with van der Waals surface area (Å²) in [5.41, 5.74) is 0.456. The maximum absolute atomic E-state index is 12.7. The lowest BCUT2D eigenvalue weighted by molar-refractivity contribution is 0.390. The molecule has 0 aliphatic rings. The largest absolute Gasteiger partial charge is 0.361 e. The van der Waals surface area contributed by atoms with Gasteiger partial charge < -0.3 is 9.51 Å². The molecule has 0 atom stereocenters. The first kappa shape index (κ1) is 17.2. The maximum atomic E-state index is 12.7. The molecular weight excluding hydrogens is 346 g/mol. The quantitative estimate of drug-likeness (QED) is 0.739. The Labute approximate surface area is 143 Å². The van der Waals surface area contributed by atoms with Crippen LogP contribution in [0.2, 0.25) is 0 Å². The lowest BCUT2D eigenvalue weighted by Crippen LogP contribution is -2.35. The van der Waals surface area contributed by atoms with Crippen molar-refractivity contribution in [2.45, 2.75) is 31.7 Å². The van der Waals surface area contributed by atoms with Gasteiger partial charge in [0.1, 0.15) is 5.76 Å². The zero-order valence-electron chi connectivity index (χ0n) is 14.0. The van der Waals surface area contributed by atoms with E-state index in [1.165, 1.54) is 18.2 Å². The fourth-order valence-corrected chi connectivity index (χ4v) is 3.33. The first-order valence-corrected chi connectivity index (χ1v) is 9.52. The molecule has 25 heavy (non-hydrogen) atoms. The fourth-order valence-electron chi connectivity index (χ4n) is 2.68. The molecule has 0 saturated heterocycles. The first-order valence-electron chi connectivity index (χ1n) is 7.63. The number of nitrogens with zero attached hydrogens (tertiary/aromatic N) is 2. The SMILES string of the molecule is CCc1noc(C)c1Cn1c(=O)[nH]c2cc(S(C)(=O)=O)ccc2c1=O. The van der Waals surface area contributed by atoms with Gasteiger partial charge >= 0.3 is 5.69 Å². The Hall–Kier alpha value is -2.68. The van der Waals surface area contributed by atoms with Gasteiger partial charge in [-0.2, -0.15) is 0 Å². The zero-order valence-corrected chi connectivity index (χ0v) is 14.8. The third-order valence-corrected chi connectivity index (χ3v) is 5.21. The van der Waals surface area contributed by atoms with E-state index in [2.05, 4.69) is 10.1 Å². The Morgan fingerprint density at radius 1 is 1.28 bits per heavy atom. The zero-order chi connectivity index (χ0) is 18.4. The highest BCUT2D eigenvalue weighted by Crippen LogP contribution is 2.16. The van der Waals surface area contributed by atoms with Crippen molar-refractivity contribution in [2.75, 3.05) is 6.26 Å². The molecule has 2 aromatic heterocycles. The number of rotatable bonds is 4. The van der Waals surface area contributed by atoms with E-state index in [0.717, 1.165) is 10.8 Å². The highest BCUT2D eigenvalue weighted by molar-refractivity contribution is 7.90. The van der Waals surface area contributed by atoms with E-state index in [-0.39, 0.29) is 22.3 Å². The van der Waals surface area contributed by atoms with E-state index >= 15 is 0 Å².